The Hall–Kier alpha value is -3.34. The van der Waals surface area contributed by atoms with Gasteiger partial charge >= 0.3 is 0 Å². The first-order valence-corrected chi connectivity index (χ1v) is 8.91. The highest BCUT2D eigenvalue weighted by molar-refractivity contribution is 5.93. The Bertz CT molecular complexity index is 1250. The molecule has 0 saturated heterocycles. The van der Waals surface area contributed by atoms with Crippen LogP contribution in [0.5, 0.6) is 11.5 Å². The maximum atomic E-state index is 7.79. The molecule has 1 aliphatic heterocycles. The van der Waals surface area contributed by atoms with Gasteiger partial charge in [-0.1, -0.05) is 12.0 Å². The Kier molecular flexibility index (Phi) is 4.39. The average Bonchev–Trinajstić information content (AvgIpc) is 2.79. The van der Waals surface area contributed by atoms with Gasteiger partial charge < -0.3 is 24.3 Å². The zero-order valence-corrected chi connectivity index (χ0v) is 15.4. The van der Waals surface area contributed by atoms with Crippen molar-refractivity contribution in [3.05, 3.63) is 48.3 Å². The van der Waals surface area contributed by atoms with Crippen molar-refractivity contribution in [2.24, 2.45) is 0 Å². The summed E-state index contributed by atoms with van der Waals surface area (Å²) in [7, 11) is 0. The van der Waals surface area contributed by atoms with Gasteiger partial charge in [0.05, 0.1) is 37.3 Å². The Morgan fingerprint density at radius 2 is 1.79 bits per heavy atom. The number of nitrogens with zero attached hydrogens (tertiary/aromatic N) is 2. The number of hydrogen-bond donors (Lipinski definition) is 1. The molecule has 29 heavy (non-hydrogen) atoms. The third-order valence-corrected chi connectivity index (χ3v) is 4.04. The van der Waals surface area contributed by atoms with E-state index < -0.39 is 13.1 Å². The van der Waals surface area contributed by atoms with E-state index >= 15 is 0 Å². The molecule has 1 aromatic heterocycles. The van der Waals surface area contributed by atoms with Crippen molar-refractivity contribution in [2.45, 2.75) is 0 Å². The zero-order valence-electron chi connectivity index (χ0n) is 20.4. The molecule has 1 aliphatic rings. The monoisotopic (exact) mass is 396 g/mol. The van der Waals surface area contributed by atoms with E-state index in [-0.39, 0.29) is 26.4 Å². The van der Waals surface area contributed by atoms with Crippen molar-refractivity contribution in [1.82, 2.24) is 9.97 Å². The summed E-state index contributed by atoms with van der Waals surface area (Å²) >= 11 is 0. The van der Waals surface area contributed by atoms with Crippen LogP contribution >= 0.6 is 0 Å². The summed E-state index contributed by atoms with van der Waals surface area (Å²) in [6.07, 6.45) is 3.54. The molecule has 3 aromatic rings. The molecule has 0 atom stereocenters. The van der Waals surface area contributed by atoms with Crippen LogP contribution in [0.2, 0.25) is 0 Å². The fraction of sp³-hybridized carbons (Fsp3) is 0.273. The van der Waals surface area contributed by atoms with Gasteiger partial charge in [0.1, 0.15) is 26.7 Å². The van der Waals surface area contributed by atoms with Crippen LogP contribution in [0.15, 0.2) is 42.7 Å². The molecule has 148 valence electrons. The number of benzene rings is 2. The van der Waals surface area contributed by atoms with E-state index in [1.807, 2.05) is 12.1 Å². The molecule has 2 heterocycles. The number of terminal acetylenes is 1. The molecule has 7 nitrogen and oxygen atoms in total. The van der Waals surface area contributed by atoms with E-state index in [0.717, 1.165) is 5.69 Å². The number of aromatic nitrogens is 2. The molecular weight excluding hydrogens is 370 g/mol. The number of fused-ring (bicyclic) bond motifs is 2. The molecular formula is C22H21N3O4. The van der Waals surface area contributed by atoms with E-state index in [4.69, 9.17) is 25.8 Å². The predicted octanol–water partition coefficient (Wildman–Crippen LogP) is 3.16. The van der Waals surface area contributed by atoms with Gasteiger partial charge in [-0.25, -0.2) is 9.97 Å². The Balaban J connectivity index is 1.64. The summed E-state index contributed by atoms with van der Waals surface area (Å²) in [5.41, 5.74) is 2.00. The van der Waals surface area contributed by atoms with E-state index in [1.165, 1.54) is 6.33 Å². The van der Waals surface area contributed by atoms with Crippen molar-refractivity contribution < 1.29 is 25.8 Å². The van der Waals surface area contributed by atoms with Gasteiger partial charge in [-0.05, 0) is 24.3 Å². The molecule has 0 bridgehead atoms. The maximum Gasteiger partial charge on any atom is 0.163 e. The number of hydrogen-bond acceptors (Lipinski definition) is 7. The SMILES string of the molecule is [2H]C#Cc1cccc(Nc2ncnc3cc4c(cc23)OCCOC([2H])([2H])C([2H])([2H])OCCO4)c1. The second kappa shape index (κ2) is 9.24. The minimum atomic E-state index is -2.66. The largest absolute Gasteiger partial charge is 0.487 e. The highest BCUT2D eigenvalue weighted by atomic mass is 16.6. The molecule has 0 fully saturated rings. The molecule has 4 rings (SSSR count). The molecule has 2 aromatic carbocycles. The van der Waals surface area contributed by atoms with Crippen molar-refractivity contribution in [2.75, 3.05) is 44.9 Å². The Morgan fingerprint density at radius 1 is 1.00 bits per heavy atom. The summed E-state index contributed by atoms with van der Waals surface area (Å²) in [5, 5.41) is 3.88. The van der Waals surface area contributed by atoms with E-state index in [9.17, 15) is 0 Å². The predicted molar refractivity (Wildman–Crippen MR) is 110 cm³/mol. The zero-order chi connectivity index (χ0) is 24.2. The minimum Gasteiger partial charge on any atom is -0.487 e. The fourth-order valence-corrected chi connectivity index (χ4v) is 2.75. The molecule has 0 aliphatic carbocycles. The van der Waals surface area contributed by atoms with Crippen LogP contribution < -0.4 is 14.8 Å². The van der Waals surface area contributed by atoms with E-state index in [2.05, 4.69) is 27.6 Å². The summed E-state index contributed by atoms with van der Waals surface area (Å²) in [6, 6.07) is 10.7. The van der Waals surface area contributed by atoms with Gasteiger partial charge in [0.15, 0.2) is 11.5 Å². The van der Waals surface area contributed by atoms with Crippen molar-refractivity contribution in [3.63, 3.8) is 0 Å². The summed E-state index contributed by atoms with van der Waals surface area (Å²) < 4.78 is 59.8. The topological polar surface area (TPSA) is 74.7 Å². The Morgan fingerprint density at radius 3 is 2.59 bits per heavy atom. The van der Waals surface area contributed by atoms with Crippen LogP contribution in [0.3, 0.4) is 0 Å². The van der Waals surface area contributed by atoms with Gasteiger partial charge in [0.25, 0.3) is 0 Å². The smallest absolute Gasteiger partial charge is 0.163 e. The molecule has 0 spiro atoms. The van der Waals surface area contributed by atoms with Crippen LogP contribution in [0, 0.1) is 12.3 Å². The molecule has 0 saturated carbocycles. The molecule has 0 unspecified atom stereocenters. The summed E-state index contributed by atoms with van der Waals surface area (Å²) in [4.78, 5) is 8.65. The standard InChI is InChI=1S/C22H21N3O4/c1-2-16-4-3-5-17(12-16)25-22-18-13-20-21(14-19(18)23-15-24-22)29-11-9-27-7-6-26-8-10-28-20/h1,3-5,12-15H,6-11H2,(H,23,24,25)/i1D,6D2,7D2. The molecule has 0 amide bonds. The maximum absolute atomic E-state index is 7.79. The lowest BCUT2D eigenvalue weighted by Gasteiger charge is -2.16. The first kappa shape index (κ1) is 13.8. The fourth-order valence-electron chi connectivity index (χ4n) is 2.75. The van der Waals surface area contributed by atoms with Crippen molar-refractivity contribution in [3.8, 4) is 23.8 Å². The second-order valence-electron chi connectivity index (χ2n) is 5.97. The van der Waals surface area contributed by atoms with Crippen LogP contribution in [0.4, 0.5) is 11.5 Å². The van der Waals surface area contributed by atoms with Crippen molar-refractivity contribution >= 4 is 22.4 Å². The highest BCUT2D eigenvalue weighted by Gasteiger charge is 2.13. The normalized spacial score (nSPS) is 20.8. The number of nitrogens with one attached hydrogen (secondary N) is 1. The molecule has 1 N–H and O–H groups in total. The quantitative estimate of drug-likeness (QED) is 0.667. The van der Waals surface area contributed by atoms with Gasteiger partial charge in [-0.15, -0.1) is 6.40 Å². The highest BCUT2D eigenvalue weighted by Crippen LogP contribution is 2.35. The Labute approximate surface area is 176 Å². The van der Waals surface area contributed by atoms with E-state index in [1.54, 1.807) is 24.3 Å². The summed E-state index contributed by atoms with van der Waals surface area (Å²) in [5.74, 6) is 3.95. The number of ether oxygens (including phenoxy) is 4. The van der Waals surface area contributed by atoms with Crippen LogP contribution in [-0.2, 0) is 9.47 Å². The number of rotatable bonds is 2. The van der Waals surface area contributed by atoms with Crippen molar-refractivity contribution in [1.29, 1.82) is 0 Å². The lowest BCUT2D eigenvalue weighted by atomic mass is 10.2. The first-order chi connectivity index (χ1) is 16.3. The van der Waals surface area contributed by atoms with E-state index in [0.29, 0.717) is 33.8 Å². The van der Waals surface area contributed by atoms with Crippen LogP contribution in [0.1, 0.15) is 12.4 Å². The second-order valence-corrected chi connectivity index (χ2v) is 5.97. The molecule has 7 heteroatoms. The van der Waals surface area contributed by atoms with Gasteiger partial charge in [0.2, 0.25) is 0 Å². The molecule has 0 radical (unpaired) electrons. The van der Waals surface area contributed by atoms with Crippen LogP contribution in [0.25, 0.3) is 10.9 Å². The van der Waals surface area contributed by atoms with Gasteiger partial charge in [-0.3, -0.25) is 0 Å². The first-order valence-electron chi connectivity index (χ1n) is 11.4. The third-order valence-electron chi connectivity index (χ3n) is 4.04. The van der Waals surface area contributed by atoms with Gasteiger partial charge in [0, 0.05) is 22.7 Å². The lowest BCUT2D eigenvalue weighted by Crippen LogP contribution is -2.15. The van der Waals surface area contributed by atoms with Crippen LogP contribution in [-0.4, -0.2) is 49.5 Å². The average molecular weight is 396 g/mol. The third kappa shape index (κ3) is 4.74. The number of anilines is 2. The van der Waals surface area contributed by atoms with Gasteiger partial charge in [-0.2, -0.15) is 0 Å². The summed E-state index contributed by atoms with van der Waals surface area (Å²) in [6.45, 7) is -5.83. The minimum absolute atomic E-state index is 0.0442. The lowest BCUT2D eigenvalue weighted by molar-refractivity contribution is 0.0224.